The summed E-state index contributed by atoms with van der Waals surface area (Å²) in [5, 5.41) is 2.39. The van der Waals surface area contributed by atoms with E-state index < -0.39 is 0 Å². The van der Waals surface area contributed by atoms with E-state index >= 15 is 0 Å². The van der Waals surface area contributed by atoms with Crippen molar-refractivity contribution in [3.63, 3.8) is 0 Å². The zero-order valence-corrected chi connectivity index (χ0v) is 21.1. The Morgan fingerprint density at radius 3 is 2.40 bits per heavy atom. The molecule has 1 saturated heterocycles. The Hall–Kier alpha value is -3.61. The van der Waals surface area contributed by atoms with Crippen LogP contribution in [0.5, 0.6) is 5.75 Å². The number of carbonyl (C=O) groups excluding carboxylic acids is 1. The molecule has 6 heteroatoms. The van der Waals surface area contributed by atoms with Crippen LogP contribution in [0.4, 0.5) is 11.4 Å². The third kappa shape index (κ3) is 4.94. The second-order valence-corrected chi connectivity index (χ2v) is 10.1. The zero-order valence-electron chi connectivity index (χ0n) is 19.5. The molecule has 4 aromatic rings. The molecule has 1 aliphatic rings. The number of para-hydroxylation sites is 1. The maximum absolute atomic E-state index is 13.3. The number of amides is 1. The van der Waals surface area contributed by atoms with Crippen molar-refractivity contribution >= 4 is 62.4 Å². The van der Waals surface area contributed by atoms with Crippen molar-refractivity contribution in [1.82, 2.24) is 0 Å². The van der Waals surface area contributed by atoms with Crippen molar-refractivity contribution in [3.05, 3.63) is 107 Å². The van der Waals surface area contributed by atoms with Gasteiger partial charge in [-0.25, -0.2) is 0 Å². The quantitative estimate of drug-likeness (QED) is 0.214. The lowest BCUT2D eigenvalue weighted by molar-refractivity contribution is -0.113. The highest BCUT2D eigenvalue weighted by atomic mass is 32.2. The standard InChI is InChI=1S/C29H24N2O2S2/c1-30(2)24-13-15-25(16-14-24)31-28(32)27(35-29(31)34)18-23-9-5-6-10-26(23)33-19-20-11-12-21-7-3-4-8-22(21)17-20/h3-18H,19H2,1-2H3/b27-18-. The Bertz CT molecular complexity index is 1440. The van der Waals surface area contributed by atoms with Gasteiger partial charge in [0.05, 0.1) is 10.6 Å². The molecule has 0 saturated carbocycles. The van der Waals surface area contributed by atoms with Crippen molar-refractivity contribution in [2.45, 2.75) is 6.61 Å². The predicted molar refractivity (Wildman–Crippen MR) is 151 cm³/mol. The van der Waals surface area contributed by atoms with Gasteiger partial charge in [-0.2, -0.15) is 0 Å². The second-order valence-electron chi connectivity index (χ2n) is 8.44. The van der Waals surface area contributed by atoms with Gasteiger partial charge in [-0.1, -0.05) is 78.6 Å². The first-order chi connectivity index (χ1) is 17.0. The van der Waals surface area contributed by atoms with Crippen LogP contribution in [0.15, 0.2) is 95.9 Å². The minimum Gasteiger partial charge on any atom is -0.488 e. The van der Waals surface area contributed by atoms with Gasteiger partial charge in [-0.3, -0.25) is 9.69 Å². The topological polar surface area (TPSA) is 32.8 Å². The summed E-state index contributed by atoms with van der Waals surface area (Å²) in [5.74, 6) is 0.600. The lowest BCUT2D eigenvalue weighted by atomic mass is 10.1. The molecule has 0 aromatic heterocycles. The number of hydrogen-bond acceptors (Lipinski definition) is 5. The number of benzene rings is 4. The summed E-state index contributed by atoms with van der Waals surface area (Å²) in [6.45, 7) is 0.439. The van der Waals surface area contributed by atoms with E-state index in [1.807, 2.05) is 85.7 Å². The van der Waals surface area contributed by atoms with Crippen LogP contribution < -0.4 is 14.5 Å². The first-order valence-corrected chi connectivity index (χ1v) is 12.5. The Kier molecular flexibility index (Phi) is 6.57. The summed E-state index contributed by atoms with van der Waals surface area (Å²) < 4.78 is 6.70. The summed E-state index contributed by atoms with van der Waals surface area (Å²) in [6.07, 6.45) is 1.86. The van der Waals surface area contributed by atoms with Gasteiger partial charge < -0.3 is 9.64 Å². The highest BCUT2D eigenvalue weighted by Crippen LogP contribution is 2.37. The number of anilines is 2. The van der Waals surface area contributed by atoms with Crippen molar-refractivity contribution in [3.8, 4) is 5.75 Å². The number of nitrogens with zero attached hydrogens (tertiary/aromatic N) is 2. The molecule has 1 fully saturated rings. The lowest BCUT2D eigenvalue weighted by Crippen LogP contribution is -2.27. The van der Waals surface area contributed by atoms with Crippen LogP contribution in [-0.4, -0.2) is 24.3 Å². The van der Waals surface area contributed by atoms with E-state index in [9.17, 15) is 4.79 Å². The van der Waals surface area contributed by atoms with Gasteiger partial charge in [0.15, 0.2) is 4.32 Å². The molecule has 0 unspecified atom stereocenters. The molecule has 4 aromatic carbocycles. The van der Waals surface area contributed by atoms with E-state index in [4.69, 9.17) is 17.0 Å². The SMILES string of the molecule is CN(C)c1ccc(N2C(=O)/C(=C/c3ccccc3OCc3ccc4ccccc4c3)SC2=S)cc1. The van der Waals surface area contributed by atoms with Crippen LogP contribution >= 0.6 is 24.0 Å². The normalized spacial score (nSPS) is 14.7. The molecular weight excluding hydrogens is 472 g/mol. The van der Waals surface area contributed by atoms with Gasteiger partial charge in [0.1, 0.15) is 12.4 Å². The average molecular weight is 497 g/mol. The fourth-order valence-electron chi connectivity index (χ4n) is 3.95. The van der Waals surface area contributed by atoms with Crippen molar-refractivity contribution in [2.24, 2.45) is 0 Å². The highest BCUT2D eigenvalue weighted by Gasteiger charge is 2.33. The molecule has 1 aliphatic heterocycles. The molecule has 35 heavy (non-hydrogen) atoms. The van der Waals surface area contributed by atoms with Gasteiger partial charge in [-0.05, 0) is 58.8 Å². The highest BCUT2D eigenvalue weighted by molar-refractivity contribution is 8.27. The fraction of sp³-hybridized carbons (Fsp3) is 0.103. The third-order valence-electron chi connectivity index (χ3n) is 5.83. The molecule has 0 aliphatic carbocycles. The van der Waals surface area contributed by atoms with Crippen LogP contribution in [0.1, 0.15) is 11.1 Å². The van der Waals surface area contributed by atoms with Gasteiger partial charge in [0, 0.05) is 25.3 Å². The molecule has 0 N–H and O–H groups in total. The zero-order chi connectivity index (χ0) is 24.4. The Morgan fingerprint density at radius 1 is 0.914 bits per heavy atom. The Labute approximate surface area is 214 Å². The first-order valence-electron chi connectivity index (χ1n) is 11.2. The number of thiocarbonyl (C=S) groups is 1. The third-order valence-corrected chi connectivity index (χ3v) is 7.13. The average Bonchev–Trinajstić information content (AvgIpc) is 3.15. The largest absolute Gasteiger partial charge is 0.488 e. The van der Waals surface area contributed by atoms with E-state index in [-0.39, 0.29) is 5.91 Å². The predicted octanol–water partition coefficient (Wildman–Crippen LogP) is 6.89. The molecular formula is C29H24N2O2S2. The maximum Gasteiger partial charge on any atom is 0.270 e. The summed E-state index contributed by atoms with van der Waals surface area (Å²) >= 11 is 6.86. The smallest absolute Gasteiger partial charge is 0.270 e. The van der Waals surface area contributed by atoms with Gasteiger partial charge in [-0.15, -0.1) is 0 Å². The summed E-state index contributed by atoms with van der Waals surface area (Å²) in [6, 6.07) is 30.2. The number of carbonyl (C=O) groups is 1. The van der Waals surface area contributed by atoms with E-state index in [1.165, 1.54) is 22.5 Å². The van der Waals surface area contributed by atoms with Crippen LogP contribution in [0.2, 0.25) is 0 Å². The number of rotatable bonds is 6. The molecule has 0 spiro atoms. The summed E-state index contributed by atoms with van der Waals surface area (Å²) in [7, 11) is 3.97. The molecule has 1 amide bonds. The number of fused-ring (bicyclic) bond motifs is 1. The summed E-state index contributed by atoms with van der Waals surface area (Å²) in [5.41, 5.74) is 3.76. The monoisotopic (exact) mass is 496 g/mol. The van der Waals surface area contributed by atoms with Crippen LogP contribution in [0, 0.1) is 0 Å². The summed E-state index contributed by atoms with van der Waals surface area (Å²) in [4.78, 5) is 17.4. The van der Waals surface area contributed by atoms with Crippen LogP contribution in [-0.2, 0) is 11.4 Å². The molecule has 4 nitrogen and oxygen atoms in total. The van der Waals surface area contributed by atoms with E-state index in [0.29, 0.717) is 15.8 Å². The van der Waals surface area contributed by atoms with Crippen molar-refractivity contribution < 1.29 is 9.53 Å². The second kappa shape index (κ2) is 9.94. The molecule has 0 atom stereocenters. The lowest BCUT2D eigenvalue weighted by Gasteiger charge is -2.17. The van der Waals surface area contributed by atoms with E-state index in [0.717, 1.165) is 28.3 Å². The molecule has 5 rings (SSSR count). The Morgan fingerprint density at radius 2 is 1.63 bits per heavy atom. The van der Waals surface area contributed by atoms with Gasteiger partial charge in [0.2, 0.25) is 0 Å². The molecule has 174 valence electrons. The molecule has 0 radical (unpaired) electrons. The van der Waals surface area contributed by atoms with Crippen LogP contribution in [0.25, 0.3) is 16.8 Å². The minimum absolute atomic E-state index is 0.123. The maximum atomic E-state index is 13.3. The first kappa shape index (κ1) is 23.1. The van der Waals surface area contributed by atoms with Gasteiger partial charge >= 0.3 is 0 Å². The van der Waals surface area contributed by atoms with E-state index in [1.54, 1.807) is 4.90 Å². The Balaban J connectivity index is 1.36. The van der Waals surface area contributed by atoms with Crippen molar-refractivity contribution in [2.75, 3.05) is 23.9 Å². The fourth-order valence-corrected chi connectivity index (χ4v) is 5.24. The molecule has 1 heterocycles. The van der Waals surface area contributed by atoms with Crippen LogP contribution in [0.3, 0.4) is 0 Å². The number of ether oxygens (including phenoxy) is 1. The molecule has 0 bridgehead atoms. The number of hydrogen-bond donors (Lipinski definition) is 0. The van der Waals surface area contributed by atoms with E-state index in [2.05, 4.69) is 30.3 Å². The minimum atomic E-state index is -0.123. The van der Waals surface area contributed by atoms with Crippen molar-refractivity contribution in [1.29, 1.82) is 0 Å². The number of thioether (sulfide) groups is 1. The van der Waals surface area contributed by atoms with Gasteiger partial charge in [0.25, 0.3) is 5.91 Å².